The highest BCUT2D eigenvalue weighted by molar-refractivity contribution is 6.39. The lowest BCUT2D eigenvalue weighted by atomic mass is 10.1. The summed E-state index contributed by atoms with van der Waals surface area (Å²) < 4.78 is 0. The molecule has 4 heteroatoms. The summed E-state index contributed by atoms with van der Waals surface area (Å²) in [5, 5.41) is 0.597. The van der Waals surface area contributed by atoms with E-state index in [0.717, 1.165) is 5.56 Å². The third kappa shape index (κ3) is 1.71. The molecule has 0 atom stereocenters. The van der Waals surface area contributed by atoms with E-state index < -0.39 is 5.91 Å². The van der Waals surface area contributed by atoms with Gasteiger partial charge in [-0.1, -0.05) is 23.2 Å². The summed E-state index contributed by atoms with van der Waals surface area (Å²) in [4.78, 5) is 10.8. The van der Waals surface area contributed by atoms with E-state index in [9.17, 15) is 4.79 Å². The first-order valence-corrected chi connectivity index (χ1v) is 4.03. The van der Waals surface area contributed by atoms with Crippen LogP contribution in [0.4, 0.5) is 0 Å². The highest BCUT2D eigenvalue weighted by Crippen LogP contribution is 2.25. The van der Waals surface area contributed by atoms with E-state index >= 15 is 0 Å². The quantitative estimate of drug-likeness (QED) is 0.749. The number of amides is 1. The van der Waals surface area contributed by atoms with E-state index in [1.165, 1.54) is 0 Å². The van der Waals surface area contributed by atoms with E-state index in [2.05, 4.69) is 0 Å². The topological polar surface area (TPSA) is 43.1 Å². The zero-order chi connectivity index (χ0) is 9.30. The zero-order valence-electron chi connectivity index (χ0n) is 6.40. The van der Waals surface area contributed by atoms with Gasteiger partial charge >= 0.3 is 0 Å². The summed E-state index contributed by atoms with van der Waals surface area (Å²) >= 11 is 11.5. The van der Waals surface area contributed by atoms with E-state index in [4.69, 9.17) is 28.9 Å². The predicted molar refractivity (Wildman–Crippen MR) is 49.7 cm³/mol. The molecule has 0 fully saturated rings. The molecule has 0 aromatic heterocycles. The van der Waals surface area contributed by atoms with Gasteiger partial charge in [0.05, 0.1) is 15.6 Å². The minimum absolute atomic E-state index is 0.184. The number of benzene rings is 1. The van der Waals surface area contributed by atoms with Crippen LogP contribution in [0.5, 0.6) is 0 Å². The first-order valence-electron chi connectivity index (χ1n) is 3.28. The normalized spacial score (nSPS) is 9.92. The van der Waals surface area contributed by atoms with Crippen molar-refractivity contribution in [3.05, 3.63) is 33.3 Å². The fraction of sp³-hybridized carbons (Fsp3) is 0.125. The molecule has 1 aromatic rings. The van der Waals surface area contributed by atoms with Crippen molar-refractivity contribution >= 4 is 29.1 Å². The Bertz CT molecular complexity index is 313. The SMILES string of the molecule is Cc1cc(Cl)c(C(N)=O)c(Cl)c1. The standard InChI is InChI=1S/C8H7Cl2NO/c1-4-2-5(9)7(8(11)12)6(10)3-4/h2-3H,1H3,(H2,11,12). The number of carbonyl (C=O) groups is 1. The largest absolute Gasteiger partial charge is 0.366 e. The third-order valence-corrected chi connectivity index (χ3v) is 2.03. The van der Waals surface area contributed by atoms with Crippen LogP contribution in [0.15, 0.2) is 12.1 Å². The van der Waals surface area contributed by atoms with Crippen LogP contribution in [0.3, 0.4) is 0 Å². The Morgan fingerprint density at radius 3 is 2.08 bits per heavy atom. The molecule has 0 spiro atoms. The van der Waals surface area contributed by atoms with Crippen molar-refractivity contribution in [2.24, 2.45) is 5.73 Å². The molecule has 1 rings (SSSR count). The highest BCUT2D eigenvalue weighted by Gasteiger charge is 2.11. The molecule has 0 aliphatic carbocycles. The number of nitrogens with two attached hydrogens (primary N) is 1. The maximum Gasteiger partial charge on any atom is 0.251 e. The molecule has 0 saturated carbocycles. The number of halogens is 2. The molecule has 2 nitrogen and oxygen atoms in total. The number of hydrogen-bond acceptors (Lipinski definition) is 1. The van der Waals surface area contributed by atoms with E-state index in [1.807, 2.05) is 6.92 Å². The molecular weight excluding hydrogens is 197 g/mol. The van der Waals surface area contributed by atoms with Crippen LogP contribution in [0.25, 0.3) is 0 Å². The number of rotatable bonds is 1. The van der Waals surface area contributed by atoms with Crippen molar-refractivity contribution in [1.29, 1.82) is 0 Å². The van der Waals surface area contributed by atoms with Crippen LogP contribution >= 0.6 is 23.2 Å². The van der Waals surface area contributed by atoms with Gasteiger partial charge < -0.3 is 5.73 Å². The Hall–Kier alpha value is -0.730. The van der Waals surface area contributed by atoms with Crippen molar-refractivity contribution < 1.29 is 4.79 Å². The molecule has 1 aromatic carbocycles. The number of carbonyl (C=O) groups excluding carboxylic acids is 1. The van der Waals surface area contributed by atoms with Gasteiger partial charge in [0.25, 0.3) is 5.91 Å². The zero-order valence-corrected chi connectivity index (χ0v) is 7.91. The highest BCUT2D eigenvalue weighted by atomic mass is 35.5. The molecule has 2 N–H and O–H groups in total. The Morgan fingerprint density at radius 1 is 1.33 bits per heavy atom. The van der Waals surface area contributed by atoms with Gasteiger partial charge in [-0.3, -0.25) is 4.79 Å². The summed E-state index contributed by atoms with van der Waals surface area (Å²) in [6.45, 7) is 1.84. The minimum Gasteiger partial charge on any atom is -0.366 e. The van der Waals surface area contributed by atoms with E-state index in [0.29, 0.717) is 10.0 Å². The predicted octanol–water partition coefficient (Wildman–Crippen LogP) is 2.40. The number of aryl methyl sites for hydroxylation is 1. The van der Waals surface area contributed by atoms with Gasteiger partial charge in [0.1, 0.15) is 0 Å². The minimum atomic E-state index is -0.606. The summed E-state index contributed by atoms with van der Waals surface area (Å²) in [6.07, 6.45) is 0. The van der Waals surface area contributed by atoms with E-state index in [1.54, 1.807) is 12.1 Å². The van der Waals surface area contributed by atoms with Gasteiger partial charge in [-0.2, -0.15) is 0 Å². The van der Waals surface area contributed by atoms with Gasteiger partial charge in [0.2, 0.25) is 0 Å². The van der Waals surface area contributed by atoms with Gasteiger partial charge in [0, 0.05) is 0 Å². The van der Waals surface area contributed by atoms with Gasteiger partial charge in [-0.25, -0.2) is 0 Å². The molecule has 1 amide bonds. The average Bonchev–Trinajstić information content (AvgIpc) is 1.82. The summed E-state index contributed by atoms with van der Waals surface area (Å²) in [5.41, 5.74) is 6.14. The lowest BCUT2D eigenvalue weighted by Crippen LogP contribution is -2.12. The number of primary amides is 1. The molecular formula is C8H7Cl2NO. The van der Waals surface area contributed by atoms with Crippen molar-refractivity contribution in [3.8, 4) is 0 Å². The summed E-state index contributed by atoms with van der Waals surface area (Å²) in [5.74, 6) is -0.606. The van der Waals surface area contributed by atoms with E-state index in [-0.39, 0.29) is 5.56 Å². The second-order valence-corrected chi connectivity index (χ2v) is 3.28. The summed E-state index contributed by atoms with van der Waals surface area (Å²) in [6, 6.07) is 3.29. The van der Waals surface area contributed by atoms with Crippen molar-refractivity contribution in [2.45, 2.75) is 6.92 Å². The molecule has 0 saturated heterocycles. The van der Waals surface area contributed by atoms with Crippen LogP contribution in [0, 0.1) is 6.92 Å². The van der Waals surface area contributed by atoms with Crippen molar-refractivity contribution in [2.75, 3.05) is 0 Å². The first-order chi connectivity index (χ1) is 5.52. The fourth-order valence-corrected chi connectivity index (χ4v) is 1.72. The van der Waals surface area contributed by atoms with Crippen LogP contribution in [-0.2, 0) is 0 Å². The van der Waals surface area contributed by atoms with Crippen molar-refractivity contribution in [1.82, 2.24) is 0 Å². The monoisotopic (exact) mass is 203 g/mol. The van der Waals surface area contributed by atoms with Crippen LogP contribution in [0.1, 0.15) is 15.9 Å². The van der Waals surface area contributed by atoms with Crippen LogP contribution in [-0.4, -0.2) is 5.91 Å². The second kappa shape index (κ2) is 3.33. The Labute approximate surface area is 80.3 Å². The Balaban J connectivity index is 3.38. The molecule has 0 unspecified atom stereocenters. The lowest BCUT2D eigenvalue weighted by molar-refractivity contribution is 0.100. The van der Waals surface area contributed by atoms with Crippen LogP contribution in [0.2, 0.25) is 10.0 Å². The molecule has 0 heterocycles. The Kier molecular flexibility index (Phi) is 2.60. The summed E-state index contributed by atoms with van der Waals surface area (Å²) in [7, 11) is 0. The fourth-order valence-electron chi connectivity index (χ4n) is 0.935. The Morgan fingerprint density at radius 2 is 1.75 bits per heavy atom. The van der Waals surface area contributed by atoms with Crippen molar-refractivity contribution in [3.63, 3.8) is 0 Å². The van der Waals surface area contributed by atoms with Gasteiger partial charge in [-0.05, 0) is 24.6 Å². The van der Waals surface area contributed by atoms with Gasteiger partial charge in [-0.15, -0.1) is 0 Å². The first kappa shape index (κ1) is 9.36. The smallest absolute Gasteiger partial charge is 0.251 e. The maximum absolute atomic E-state index is 10.8. The molecule has 0 aliphatic rings. The van der Waals surface area contributed by atoms with Gasteiger partial charge in [0.15, 0.2) is 0 Å². The molecule has 0 bridgehead atoms. The second-order valence-electron chi connectivity index (χ2n) is 2.47. The average molecular weight is 204 g/mol. The third-order valence-electron chi connectivity index (χ3n) is 1.43. The molecule has 64 valence electrons. The van der Waals surface area contributed by atoms with Crippen LogP contribution < -0.4 is 5.73 Å². The number of hydrogen-bond donors (Lipinski definition) is 1. The molecule has 0 radical (unpaired) electrons. The molecule has 0 aliphatic heterocycles. The lowest BCUT2D eigenvalue weighted by Gasteiger charge is -2.03. The molecule has 12 heavy (non-hydrogen) atoms. The maximum atomic E-state index is 10.8.